The molecule has 3 rings (SSSR count). The van der Waals surface area contributed by atoms with E-state index in [4.69, 9.17) is 0 Å². The van der Waals surface area contributed by atoms with Crippen molar-refractivity contribution in [2.75, 3.05) is 19.6 Å². The van der Waals surface area contributed by atoms with Gasteiger partial charge in [0.2, 0.25) is 5.91 Å². The van der Waals surface area contributed by atoms with E-state index in [0.29, 0.717) is 24.0 Å². The number of hydrogen-bond acceptors (Lipinski definition) is 4. The molecule has 3 N–H and O–H groups in total. The van der Waals surface area contributed by atoms with Crippen molar-refractivity contribution in [2.24, 2.45) is 11.8 Å². The Morgan fingerprint density at radius 1 is 1.16 bits per heavy atom. The van der Waals surface area contributed by atoms with Crippen LogP contribution in [0.3, 0.4) is 0 Å². The van der Waals surface area contributed by atoms with Crippen LogP contribution in [0.15, 0.2) is 48.5 Å². The van der Waals surface area contributed by atoms with E-state index in [2.05, 4.69) is 44.0 Å². The molecular weight excluding hydrogens is 388 g/mol. The number of phenols is 2. The molecule has 31 heavy (non-hydrogen) atoms. The number of amides is 1. The number of piperidine rings is 1. The van der Waals surface area contributed by atoms with Crippen molar-refractivity contribution in [1.82, 2.24) is 10.2 Å². The van der Waals surface area contributed by atoms with Crippen molar-refractivity contribution < 1.29 is 15.0 Å². The Morgan fingerprint density at radius 2 is 1.87 bits per heavy atom. The van der Waals surface area contributed by atoms with Crippen LogP contribution in [-0.4, -0.2) is 46.7 Å². The van der Waals surface area contributed by atoms with Crippen molar-refractivity contribution >= 4 is 5.91 Å². The summed E-state index contributed by atoms with van der Waals surface area (Å²) >= 11 is 0. The Morgan fingerprint density at radius 3 is 2.48 bits per heavy atom. The highest BCUT2D eigenvalue weighted by atomic mass is 16.3. The number of carbonyl (C=O) groups is 1. The zero-order valence-corrected chi connectivity index (χ0v) is 19.1. The first kappa shape index (κ1) is 23.1. The van der Waals surface area contributed by atoms with Crippen LogP contribution in [0, 0.1) is 11.8 Å². The Hall–Kier alpha value is -2.53. The second kappa shape index (κ2) is 9.73. The molecule has 0 radical (unpaired) electrons. The highest BCUT2D eigenvalue weighted by Crippen LogP contribution is 2.40. The van der Waals surface area contributed by atoms with Gasteiger partial charge < -0.3 is 20.4 Å². The van der Waals surface area contributed by atoms with Gasteiger partial charge in [-0.3, -0.25) is 4.79 Å². The van der Waals surface area contributed by atoms with E-state index in [-0.39, 0.29) is 23.1 Å². The molecule has 0 unspecified atom stereocenters. The molecule has 0 bridgehead atoms. The molecule has 0 saturated carbocycles. The average molecular weight is 425 g/mol. The normalized spacial score (nSPS) is 22.9. The summed E-state index contributed by atoms with van der Waals surface area (Å²) in [6.07, 6.45) is 1.33. The van der Waals surface area contributed by atoms with Crippen molar-refractivity contribution in [1.29, 1.82) is 0 Å². The minimum absolute atomic E-state index is 0.0130. The van der Waals surface area contributed by atoms with Crippen LogP contribution in [0.4, 0.5) is 0 Å². The number of rotatable bonds is 7. The van der Waals surface area contributed by atoms with Gasteiger partial charge in [-0.2, -0.15) is 0 Å². The maximum absolute atomic E-state index is 12.6. The number of likely N-dealkylation sites (tertiary alicyclic amines) is 1. The molecule has 2 aromatic rings. The zero-order valence-electron chi connectivity index (χ0n) is 19.1. The van der Waals surface area contributed by atoms with E-state index in [9.17, 15) is 15.0 Å². The minimum Gasteiger partial charge on any atom is -0.508 e. The summed E-state index contributed by atoms with van der Waals surface area (Å²) in [6, 6.07) is 14.5. The van der Waals surface area contributed by atoms with Crippen LogP contribution in [0.25, 0.3) is 0 Å². The van der Waals surface area contributed by atoms with Gasteiger partial charge in [0, 0.05) is 19.1 Å². The van der Waals surface area contributed by atoms with E-state index < -0.39 is 0 Å². The van der Waals surface area contributed by atoms with E-state index in [0.717, 1.165) is 31.6 Å². The first-order valence-electron chi connectivity index (χ1n) is 11.3. The third-order valence-corrected chi connectivity index (χ3v) is 6.98. The molecule has 2 aromatic carbocycles. The van der Waals surface area contributed by atoms with Crippen molar-refractivity contribution in [2.45, 2.75) is 52.0 Å². The largest absolute Gasteiger partial charge is 0.508 e. The molecule has 1 heterocycles. The fourth-order valence-corrected chi connectivity index (χ4v) is 4.53. The zero-order chi connectivity index (χ0) is 22.6. The SMILES string of the molecule is CC(C)[C@@H](CN1CC[C@@](C)(c2cccc(O)c2)[C@@H](C)C1)NC(=O)Cc1ccc(O)cc1. The van der Waals surface area contributed by atoms with Gasteiger partial charge in [0.1, 0.15) is 11.5 Å². The van der Waals surface area contributed by atoms with Crippen LogP contribution < -0.4 is 5.32 Å². The number of nitrogens with one attached hydrogen (secondary N) is 1. The van der Waals surface area contributed by atoms with E-state index in [1.165, 1.54) is 5.56 Å². The third-order valence-electron chi connectivity index (χ3n) is 6.98. The van der Waals surface area contributed by atoms with Gasteiger partial charge in [0.05, 0.1) is 6.42 Å². The lowest BCUT2D eigenvalue weighted by Crippen LogP contribution is -2.53. The van der Waals surface area contributed by atoms with Gasteiger partial charge in [0.25, 0.3) is 0 Å². The lowest BCUT2D eigenvalue weighted by molar-refractivity contribution is -0.121. The monoisotopic (exact) mass is 424 g/mol. The molecular formula is C26H36N2O3. The van der Waals surface area contributed by atoms with E-state index in [1.807, 2.05) is 12.1 Å². The van der Waals surface area contributed by atoms with E-state index in [1.54, 1.807) is 30.3 Å². The lowest BCUT2D eigenvalue weighted by atomic mass is 9.68. The number of carbonyl (C=O) groups excluding carboxylic acids is 1. The number of benzene rings is 2. The Balaban J connectivity index is 1.59. The first-order chi connectivity index (χ1) is 14.7. The average Bonchev–Trinajstić information content (AvgIpc) is 2.72. The molecule has 168 valence electrons. The summed E-state index contributed by atoms with van der Waals surface area (Å²) < 4.78 is 0. The summed E-state index contributed by atoms with van der Waals surface area (Å²) in [5, 5.41) is 22.6. The topological polar surface area (TPSA) is 72.8 Å². The second-order valence-electron chi connectivity index (χ2n) is 9.64. The second-order valence-corrected chi connectivity index (χ2v) is 9.64. The lowest BCUT2D eigenvalue weighted by Gasteiger charge is -2.46. The third kappa shape index (κ3) is 5.79. The van der Waals surface area contributed by atoms with Crippen molar-refractivity contribution in [3.05, 3.63) is 59.7 Å². The van der Waals surface area contributed by atoms with Gasteiger partial charge in [0.15, 0.2) is 0 Å². The fraction of sp³-hybridized carbons (Fsp3) is 0.500. The summed E-state index contributed by atoms with van der Waals surface area (Å²) in [5.41, 5.74) is 2.12. The maximum atomic E-state index is 12.6. The highest BCUT2D eigenvalue weighted by molar-refractivity contribution is 5.78. The Kier molecular flexibility index (Phi) is 7.26. The van der Waals surface area contributed by atoms with Crippen molar-refractivity contribution in [3.8, 4) is 11.5 Å². The maximum Gasteiger partial charge on any atom is 0.224 e. The summed E-state index contributed by atoms with van der Waals surface area (Å²) in [5.74, 6) is 1.31. The van der Waals surface area contributed by atoms with Gasteiger partial charge >= 0.3 is 0 Å². The van der Waals surface area contributed by atoms with Gasteiger partial charge in [-0.1, -0.05) is 52.0 Å². The minimum atomic E-state index is 0.0130. The predicted molar refractivity (Wildman–Crippen MR) is 124 cm³/mol. The van der Waals surface area contributed by atoms with Crippen molar-refractivity contribution in [3.63, 3.8) is 0 Å². The van der Waals surface area contributed by atoms with Crippen LogP contribution in [0.2, 0.25) is 0 Å². The van der Waals surface area contributed by atoms with Crippen LogP contribution in [0.1, 0.15) is 45.2 Å². The number of aromatic hydroxyl groups is 2. The van der Waals surface area contributed by atoms with Crippen LogP contribution in [0.5, 0.6) is 11.5 Å². The standard InChI is InChI=1S/C26H36N2O3/c1-18(2)24(27-25(31)14-20-8-10-22(29)11-9-20)17-28-13-12-26(4,19(3)16-28)21-6-5-7-23(30)15-21/h5-11,15,18-19,24,29-30H,12-14,16-17H2,1-4H3,(H,27,31)/t19-,24+,26+/m0/s1. The van der Waals surface area contributed by atoms with Crippen LogP contribution >= 0.6 is 0 Å². The first-order valence-corrected chi connectivity index (χ1v) is 11.3. The van der Waals surface area contributed by atoms with E-state index >= 15 is 0 Å². The summed E-state index contributed by atoms with van der Waals surface area (Å²) in [7, 11) is 0. The molecule has 1 saturated heterocycles. The fourth-order valence-electron chi connectivity index (χ4n) is 4.53. The molecule has 0 spiro atoms. The molecule has 1 amide bonds. The molecule has 1 fully saturated rings. The highest BCUT2D eigenvalue weighted by Gasteiger charge is 2.38. The predicted octanol–water partition coefficient (Wildman–Crippen LogP) is 4.08. The number of nitrogens with zero attached hydrogens (tertiary/aromatic N) is 1. The molecule has 1 aliphatic heterocycles. The van der Waals surface area contributed by atoms with Gasteiger partial charge in [-0.25, -0.2) is 0 Å². The van der Waals surface area contributed by atoms with Crippen LogP contribution in [-0.2, 0) is 16.6 Å². The quantitative estimate of drug-likeness (QED) is 0.626. The molecule has 1 aliphatic rings. The smallest absolute Gasteiger partial charge is 0.224 e. The Bertz CT molecular complexity index is 880. The number of hydrogen-bond donors (Lipinski definition) is 3. The number of phenolic OH excluding ortho intramolecular Hbond substituents is 2. The molecule has 5 nitrogen and oxygen atoms in total. The molecule has 0 aromatic heterocycles. The Labute approximate surface area is 186 Å². The molecule has 3 atom stereocenters. The summed E-state index contributed by atoms with van der Waals surface area (Å²) in [4.78, 5) is 15.1. The van der Waals surface area contributed by atoms with Gasteiger partial charge in [-0.05, 0) is 65.6 Å². The molecule has 0 aliphatic carbocycles. The van der Waals surface area contributed by atoms with Gasteiger partial charge in [-0.15, -0.1) is 0 Å². The molecule has 5 heteroatoms. The summed E-state index contributed by atoms with van der Waals surface area (Å²) in [6.45, 7) is 11.6.